The van der Waals surface area contributed by atoms with Crippen molar-refractivity contribution in [3.8, 4) is 11.5 Å². The summed E-state index contributed by atoms with van der Waals surface area (Å²) in [7, 11) is 1.69. The average molecular weight is 264 g/mol. The third-order valence-corrected chi connectivity index (χ3v) is 3.42. The van der Waals surface area contributed by atoms with Gasteiger partial charge in [-0.25, -0.2) is 0 Å². The van der Waals surface area contributed by atoms with Gasteiger partial charge in [0.05, 0.1) is 6.61 Å². The van der Waals surface area contributed by atoms with E-state index in [1.807, 2.05) is 24.3 Å². The van der Waals surface area contributed by atoms with Gasteiger partial charge in [-0.1, -0.05) is 0 Å². The fraction of sp³-hybridized carbons (Fsp3) is 0.600. The maximum absolute atomic E-state index is 5.80. The number of ether oxygens (including phenoxy) is 4. The maximum Gasteiger partial charge on any atom is 0.199 e. The minimum atomic E-state index is -0.140. The number of methoxy groups -OCH3 is 1. The monoisotopic (exact) mass is 264 g/mol. The van der Waals surface area contributed by atoms with Gasteiger partial charge in [0.25, 0.3) is 0 Å². The van der Waals surface area contributed by atoms with Gasteiger partial charge in [-0.3, -0.25) is 0 Å². The summed E-state index contributed by atoms with van der Waals surface area (Å²) in [6.45, 7) is 1.44. The second-order valence-corrected chi connectivity index (χ2v) is 5.20. The van der Waals surface area contributed by atoms with Crippen LogP contribution >= 0.6 is 0 Å². The Labute approximate surface area is 113 Å². The first-order chi connectivity index (χ1) is 9.33. The average Bonchev–Trinajstić information content (AvgIpc) is 3.32. The van der Waals surface area contributed by atoms with Crippen molar-refractivity contribution in [3.63, 3.8) is 0 Å². The van der Waals surface area contributed by atoms with E-state index < -0.39 is 0 Å². The molecule has 0 bridgehead atoms. The molecule has 1 aromatic rings. The maximum atomic E-state index is 5.80. The van der Waals surface area contributed by atoms with Crippen LogP contribution in [0.3, 0.4) is 0 Å². The van der Waals surface area contributed by atoms with Crippen LogP contribution in [0.1, 0.15) is 19.3 Å². The molecular weight excluding hydrogens is 244 g/mol. The molecule has 4 heteroatoms. The van der Waals surface area contributed by atoms with Crippen molar-refractivity contribution in [1.82, 2.24) is 0 Å². The Bertz CT molecular complexity index is 395. The third-order valence-electron chi connectivity index (χ3n) is 3.42. The van der Waals surface area contributed by atoms with Crippen molar-refractivity contribution in [2.45, 2.75) is 31.7 Å². The summed E-state index contributed by atoms with van der Waals surface area (Å²) in [4.78, 5) is 0. The van der Waals surface area contributed by atoms with E-state index >= 15 is 0 Å². The predicted molar refractivity (Wildman–Crippen MR) is 70.4 cm³/mol. The van der Waals surface area contributed by atoms with Crippen molar-refractivity contribution in [2.24, 2.45) is 5.92 Å². The zero-order chi connectivity index (χ0) is 13.1. The minimum absolute atomic E-state index is 0.140. The van der Waals surface area contributed by atoms with Crippen LogP contribution in [0.2, 0.25) is 0 Å². The second kappa shape index (κ2) is 5.80. The Morgan fingerprint density at radius 2 is 1.89 bits per heavy atom. The molecule has 0 spiro atoms. The highest BCUT2D eigenvalue weighted by molar-refractivity contribution is 5.31. The molecule has 2 fully saturated rings. The highest BCUT2D eigenvalue weighted by Crippen LogP contribution is 2.34. The molecule has 4 nitrogen and oxygen atoms in total. The highest BCUT2D eigenvalue weighted by atomic mass is 16.7. The largest absolute Gasteiger partial charge is 0.491 e. The van der Waals surface area contributed by atoms with Crippen LogP contribution in [-0.4, -0.2) is 32.7 Å². The minimum Gasteiger partial charge on any atom is -0.491 e. The summed E-state index contributed by atoms with van der Waals surface area (Å²) in [6, 6.07) is 7.67. The molecule has 0 amide bonds. The van der Waals surface area contributed by atoms with Gasteiger partial charge >= 0.3 is 0 Å². The topological polar surface area (TPSA) is 40.2 Å². The fourth-order valence-electron chi connectivity index (χ4n) is 1.94. The number of hydrogen-bond donors (Lipinski definition) is 0. The lowest BCUT2D eigenvalue weighted by Crippen LogP contribution is -2.19. The summed E-state index contributed by atoms with van der Waals surface area (Å²) in [6.07, 6.45) is 3.73. The molecule has 0 N–H and O–H groups in total. The van der Waals surface area contributed by atoms with Crippen molar-refractivity contribution in [1.29, 1.82) is 0 Å². The SMILES string of the molecule is COC(CC1CC1)Oc1ccc(OCC2CO2)cc1. The lowest BCUT2D eigenvalue weighted by molar-refractivity contribution is -0.0614. The molecule has 3 rings (SSSR count). The predicted octanol–water partition coefficient (Wildman–Crippen LogP) is 2.62. The lowest BCUT2D eigenvalue weighted by Gasteiger charge is -2.17. The van der Waals surface area contributed by atoms with Crippen LogP contribution in [-0.2, 0) is 9.47 Å². The molecule has 104 valence electrons. The zero-order valence-electron chi connectivity index (χ0n) is 11.2. The molecular formula is C15H20O4. The fourth-order valence-corrected chi connectivity index (χ4v) is 1.94. The first-order valence-corrected chi connectivity index (χ1v) is 6.87. The van der Waals surface area contributed by atoms with E-state index in [-0.39, 0.29) is 12.4 Å². The number of rotatable bonds is 8. The third kappa shape index (κ3) is 4.11. The van der Waals surface area contributed by atoms with Crippen LogP contribution in [0.15, 0.2) is 24.3 Å². The van der Waals surface area contributed by atoms with Crippen molar-refractivity contribution >= 4 is 0 Å². The molecule has 2 atom stereocenters. The summed E-state index contributed by atoms with van der Waals surface area (Å²) < 4.78 is 21.8. The standard InChI is InChI=1S/C15H20O4/c1-16-15(8-11-2-3-11)19-13-6-4-12(5-7-13)17-9-14-10-18-14/h4-7,11,14-15H,2-3,8-10H2,1H3. The van der Waals surface area contributed by atoms with Gasteiger partial charge < -0.3 is 18.9 Å². The number of benzene rings is 1. The Morgan fingerprint density at radius 1 is 1.21 bits per heavy atom. The van der Waals surface area contributed by atoms with E-state index in [4.69, 9.17) is 18.9 Å². The number of epoxide rings is 1. The van der Waals surface area contributed by atoms with Gasteiger partial charge in [-0.2, -0.15) is 0 Å². The van der Waals surface area contributed by atoms with Crippen LogP contribution in [0.25, 0.3) is 0 Å². The summed E-state index contributed by atoms with van der Waals surface area (Å²) in [5.41, 5.74) is 0. The van der Waals surface area contributed by atoms with Gasteiger partial charge in [-0.05, 0) is 43.0 Å². The Kier molecular flexibility index (Phi) is 3.89. The van der Waals surface area contributed by atoms with Crippen LogP contribution in [0.4, 0.5) is 0 Å². The first kappa shape index (κ1) is 12.8. The first-order valence-electron chi connectivity index (χ1n) is 6.87. The molecule has 1 heterocycles. The Morgan fingerprint density at radius 3 is 2.47 bits per heavy atom. The molecule has 19 heavy (non-hydrogen) atoms. The van der Waals surface area contributed by atoms with E-state index in [2.05, 4.69) is 0 Å². The van der Waals surface area contributed by atoms with Crippen LogP contribution in [0, 0.1) is 5.92 Å². The highest BCUT2D eigenvalue weighted by Gasteiger charge is 2.26. The quantitative estimate of drug-likeness (QED) is 0.534. The van der Waals surface area contributed by atoms with Gasteiger partial charge in [0.1, 0.15) is 24.2 Å². The van der Waals surface area contributed by atoms with E-state index in [1.165, 1.54) is 12.8 Å². The molecule has 2 aliphatic rings. The smallest absolute Gasteiger partial charge is 0.199 e. The van der Waals surface area contributed by atoms with Crippen LogP contribution in [0.5, 0.6) is 11.5 Å². The summed E-state index contributed by atoms with van der Waals surface area (Å²) in [5.74, 6) is 2.45. The summed E-state index contributed by atoms with van der Waals surface area (Å²) in [5, 5.41) is 0. The molecule has 2 unspecified atom stereocenters. The second-order valence-electron chi connectivity index (χ2n) is 5.20. The Balaban J connectivity index is 1.48. The van der Waals surface area contributed by atoms with Crippen molar-refractivity contribution in [2.75, 3.05) is 20.3 Å². The molecule has 1 aliphatic carbocycles. The van der Waals surface area contributed by atoms with Crippen molar-refractivity contribution < 1.29 is 18.9 Å². The van der Waals surface area contributed by atoms with Gasteiger partial charge in [-0.15, -0.1) is 0 Å². The van der Waals surface area contributed by atoms with E-state index in [0.717, 1.165) is 30.4 Å². The van der Waals surface area contributed by atoms with E-state index in [9.17, 15) is 0 Å². The van der Waals surface area contributed by atoms with E-state index in [0.29, 0.717) is 6.61 Å². The number of hydrogen-bond acceptors (Lipinski definition) is 4. The van der Waals surface area contributed by atoms with E-state index in [1.54, 1.807) is 7.11 Å². The van der Waals surface area contributed by atoms with Gasteiger partial charge in [0, 0.05) is 13.5 Å². The normalized spacial score (nSPS) is 22.9. The van der Waals surface area contributed by atoms with Gasteiger partial charge in [0.15, 0.2) is 6.29 Å². The molecule has 1 saturated carbocycles. The lowest BCUT2D eigenvalue weighted by atomic mass is 10.3. The van der Waals surface area contributed by atoms with Crippen molar-refractivity contribution in [3.05, 3.63) is 24.3 Å². The van der Waals surface area contributed by atoms with Crippen LogP contribution < -0.4 is 9.47 Å². The molecule has 0 radical (unpaired) electrons. The van der Waals surface area contributed by atoms with Gasteiger partial charge in [0.2, 0.25) is 0 Å². The Hall–Kier alpha value is -1.26. The summed E-state index contributed by atoms with van der Waals surface area (Å²) >= 11 is 0. The molecule has 1 aromatic carbocycles. The molecule has 0 aromatic heterocycles. The zero-order valence-corrected chi connectivity index (χ0v) is 11.2. The molecule has 1 aliphatic heterocycles. The molecule has 1 saturated heterocycles.